The first-order valence-electron chi connectivity index (χ1n) is 4.01. The Balaban J connectivity index is 2.94. The molecule has 0 aromatic carbocycles. The second-order valence-electron chi connectivity index (χ2n) is 2.93. The van der Waals surface area contributed by atoms with Gasteiger partial charge in [0.2, 0.25) is 0 Å². The summed E-state index contributed by atoms with van der Waals surface area (Å²) in [5, 5.41) is 12.6. The molecule has 1 aromatic rings. The van der Waals surface area contributed by atoms with Gasteiger partial charge in [-0.25, -0.2) is 0 Å². The fourth-order valence-corrected chi connectivity index (χ4v) is 1.52. The van der Waals surface area contributed by atoms with E-state index >= 15 is 0 Å². The van der Waals surface area contributed by atoms with E-state index in [0.717, 1.165) is 5.56 Å². The molecule has 0 radical (unpaired) electrons. The Hall–Kier alpha value is -1.60. The molecule has 72 valence electrons. The van der Waals surface area contributed by atoms with Crippen LogP contribution in [0.1, 0.15) is 5.56 Å². The van der Waals surface area contributed by atoms with Gasteiger partial charge in [0.25, 0.3) is 5.91 Å². The van der Waals surface area contributed by atoms with Crippen molar-refractivity contribution in [2.24, 2.45) is 0 Å². The van der Waals surface area contributed by atoms with Crippen LogP contribution in [0.25, 0.3) is 6.08 Å². The topological polar surface area (TPSA) is 44.1 Å². The molecule has 0 fully saturated rings. The standard InChI is InChI=1S/C10H10N2OS/c1-12(2)10(13)9(6-11)5-8-3-4-14-7-8/h3-5,7H,1-2H3/b9-5+. The Kier molecular flexibility index (Phi) is 3.43. The highest BCUT2D eigenvalue weighted by Gasteiger charge is 2.10. The molecule has 0 aliphatic heterocycles. The van der Waals surface area contributed by atoms with Crippen LogP contribution in [0, 0.1) is 11.3 Å². The maximum atomic E-state index is 11.4. The molecule has 14 heavy (non-hydrogen) atoms. The van der Waals surface area contributed by atoms with Crippen LogP contribution in [0.4, 0.5) is 0 Å². The van der Waals surface area contributed by atoms with Crippen LogP contribution in [0.2, 0.25) is 0 Å². The molecule has 1 heterocycles. The predicted octanol–water partition coefficient (Wildman–Crippen LogP) is 1.74. The lowest BCUT2D eigenvalue weighted by atomic mass is 10.2. The molecular formula is C10H10N2OS. The summed E-state index contributed by atoms with van der Waals surface area (Å²) in [4.78, 5) is 12.8. The maximum Gasteiger partial charge on any atom is 0.264 e. The Morgan fingerprint density at radius 3 is 2.79 bits per heavy atom. The largest absolute Gasteiger partial charge is 0.344 e. The van der Waals surface area contributed by atoms with Crippen LogP contribution >= 0.6 is 11.3 Å². The number of hydrogen-bond acceptors (Lipinski definition) is 3. The third kappa shape index (κ3) is 2.44. The van der Waals surface area contributed by atoms with Gasteiger partial charge in [-0.05, 0) is 28.5 Å². The van der Waals surface area contributed by atoms with E-state index in [1.807, 2.05) is 22.9 Å². The zero-order valence-corrected chi connectivity index (χ0v) is 8.84. The summed E-state index contributed by atoms with van der Waals surface area (Å²) >= 11 is 1.53. The Morgan fingerprint density at radius 1 is 1.64 bits per heavy atom. The van der Waals surface area contributed by atoms with Crippen LogP contribution in [0.5, 0.6) is 0 Å². The van der Waals surface area contributed by atoms with Gasteiger partial charge in [-0.15, -0.1) is 0 Å². The van der Waals surface area contributed by atoms with Gasteiger partial charge in [0.1, 0.15) is 11.6 Å². The van der Waals surface area contributed by atoms with Crippen molar-refractivity contribution in [1.29, 1.82) is 5.26 Å². The van der Waals surface area contributed by atoms with Crippen LogP contribution in [0.3, 0.4) is 0 Å². The number of amides is 1. The van der Waals surface area contributed by atoms with Crippen molar-refractivity contribution in [3.63, 3.8) is 0 Å². The summed E-state index contributed by atoms with van der Waals surface area (Å²) in [5.41, 5.74) is 1.05. The number of rotatable bonds is 2. The Bertz CT molecular complexity index is 385. The number of thiophene rings is 1. The summed E-state index contributed by atoms with van der Waals surface area (Å²) in [6.45, 7) is 0. The molecule has 0 unspecified atom stereocenters. The molecule has 0 aliphatic rings. The van der Waals surface area contributed by atoms with Crippen LogP contribution in [-0.4, -0.2) is 24.9 Å². The molecule has 0 spiro atoms. The van der Waals surface area contributed by atoms with Gasteiger partial charge in [0.15, 0.2) is 0 Å². The Labute approximate surface area is 86.9 Å². The molecule has 1 aromatic heterocycles. The van der Waals surface area contributed by atoms with E-state index in [1.54, 1.807) is 20.2 Å². The minimum Gasteiger partial charge on any atom is -0.344 e. The first-order valence-corrected chi connectivity index (χ1v) is 4.95. The number of hydrogen-bond donors (Lipinski definition) is 0. The molecule has 0 N–H and O–H groups in total. The monoisotopic (exact) mass is 206 g/mol. The van der Waals surface area contributed by atoms with Gasteiger partial charge < -0.3 is 4.90 Å². The van der Waals surface area contributed by atoms with Crippen molar-refractivity contribution in [2.75, 3.05) is 14.1 Å². The van der Waals surface area contributed by atoms with Gasteiger partial charge in [-0.3, -0.25) is 4.79 Å². The maximum absolute atomic E-state index is 11.4. The van der Waals surface area contributed by atoms with Crippen molar-refractivity contribution in [1.82, 2.24) is 4.90 Å². The SMILES string of the molecule is CN(C)C(=O)/C(C#N)=C/c1ccsc1. The van der Waals surface area contributed by atoms with Crippen molar-refractivity contribution < 1.29 is 4.79 Å². The third-order valence-electron chi connectivity index (χ3n) is 1.61. The zero-order chi connectivity index (χ0) is 10.6. The van der Waals surface area contributed by atoms with Gasteiger partial charge in [-0.2, -0.15) is 16.6 Å². The smallest absolute Gasteiger partial charge is 0.264 e. The fraction of sp³-hybridized carbons (Fsp3) is 0.200. The van der Waals surface area contributed by atoms with Gasteiger partial charge in [0.05, 0.1) is 0 Å². The minimum absolute atomic E-state index is 0.161. The highest BCUT2D eigenvalue weighted by atomic mass is 32.1. The molecule has 4 heteroatoms. The van der Waals surface area contributed by atoms with Gasteiger partial charge in [-0.1, -0.05) is 0 Å². The van der Waals surface area contributed by atoms with Crippen LogP contribution in [0.15, 0.2) is 22.4 Å². The molecule has 0 atom stereocenters. The number of nitriles is 1. The summed E-state index contributed by atoms with van der Waals surface area (Å²) in [6, 6.07) is 3.76. The van der Waals surface area contributed by atoms with Gasteiger partial charge >= 0.3 is 0 Å². The lowest BCUT2D eigenvalue weighted by Crippen LogP contribution is -2.22. The average Bonchev–Trinajstić information content (AvgIpc) is 2.65. The molecule has 0 saturated carbocycles. The number of likely N-dealkylation sites (N-methyl/N-ethyl adjacent to an activating group) is 1. The summed E-state index contributed by atoms with van der Waals surface area (Å²) < 4.78 is 0. The van der Waals surface area contributed by atoms with Crippen molar-refractivity contribution in [3.05, 3.63) is 28.0 Å². The molecule has 1 amide bonds. The number of nitrogens with zero attached hydrogens (tertiary/aromatic N) is 2. The normalized spacial score (nSPS) is 10.8. The van der Waals surface area contributed by atoms with E-state index in [-0.39, 0.29) is 11.5 Å². The molecule has 3 nitrogen and oxygen atoms in total. The van der Waals surface area contributed by atoms with Gasteiger partial charge in [0, 0.05) is 14.1 Å². The molecule has 0 bridgehead atoms. The number of carbonyl (C=O) groups is 1. The Morgan fingerprint density at radius 2 is 2.36 bits per heavy atom. The highest BCUT2D eigenvalue weighted by molar-refractivity contribution is 7.08. The second kappa shape index (κ2) is 4.58. The van der Waals surface area contributed by atoms with Crippen LogP contribution < -0.4 is 0 Å². The first kappa shape index (κ1) is 10.5. The first-order chi connectivity index (χ1) is 6.65. The van der Waals surface area contributed by atoms with E-state index in [2.05, 4.69) is 0 Å². The lowest BCUT2D eigenvalue weighted by Gasteiger charge is -2.07. The fourth-order valence-electron chi connectivity index (χ4n) is 0.907. The van der Waals surface area contributed by atoms with E-state index < -0.39 is 0 Å². The molecule has 0 saturated heterocycles. The highest BCUT2D eigenvalue weighted by Crippen LogP contribution is 2.11. The average molecular weight is 206 g/mol. The van der Waals surface area contributed by atoms with E-state index in [9.17, 15) is 4.79 Å². The summed E-state index contributed by atoms with van der Waals surface area (Å²) in [7, 11) is 3.25. The predicted molar refractivity (Wildman–Crippen MR) is 56.6 cm³/mol. The quantitative estimate of drug-likeness (QED) is 0.546. The summed E-state index contributed by atoms with van der Waals surface area (Å²) in [5.74, 6) is -0.265. The molecular weight excluding hydrogens is 196 g/mol. The van der Waals surface area contributed by atoms with Crippen molar-refractivity contribution in [3.8, 4) is 6.07 Å². The van der Waals surface area contributed by atoms with E-state index in [0.29, 0.717) is 0 Å². The third-order valence-corrected chi connectivity index (χ3v) is 2.31. The number of carbonyl (C=O) groups excluding carboxylic acids is 1. The molecule has 0 aliphatic carbocycles. The summed E-state index contributed by atoms with van der Waals surface area (Å²) in [6.07, 6.45) is 1.60. The zero-order valence-electron chi connectivity index (χ0n) is 8.02. The minimum atomic E-state index is -0.265. The van der Waals surface area contributed by atoms with E-state index in [4.69, 9.17) is 5.26 Å². The van der Waals surface area contributed by atoms with E-state index in [1.165, 1.54) is 16.2 Å². The van der Waals surface area contributed by atoms with Crippen LogP contribution in [-0.2, 0) is 4.79 Å². The lowest BCUT2D eigenvalue weighted by molar-refractivity contribution is -0.124. The second-order valence-corrected chi connectivity index (χ2v) is 3.71. The van der Waals surface area contributed by atoms with Crippen molar-refractivity contribution in [2.45, 2.75) is 0 Å². The van der Waals surface area contributed by atoms with Crippen molar-refractivity contribution >= 4 is 23.3 Å². The molecule has 1 rings (SSSR count).